The number of methoxy groups -OCH3 is 1. The molecule has 2 aromatic rings. The Kier molecular flexibility index (Phi) is 7.02. The fraction of sp³-hybridized carbons (Fsp3) is 0.278. The average molecular weight is 398 g/mol. The lowest BCUT2D eigenvalue weighted by molar-refractivity contribution is -0.137. The number of ether oxygens (including phenoxy) is 1. The van der Waals surface area contributed by atoms with Crippen molar-refractivity contribution in [3.05, 3.63) is 59.1 Å². The van der Waals surface area contributed by atoms with E-state index in [-0.39, 0.29) is 23.5 Å². The van der Waals surface area contributed by atoms with Crippen LogP contribution in [0, 0.1) is 0 Å². The molecule has 0 aliphatic carbocycles. The third-order valence-electron chi connectivity index (χ3n) is 3.79. The first-order chi connectivity index (χ1) is 12.3. The Morgan fingerprint density at radius 3 is 2.54 bits per heavy atom. The van der Waals surface area contributed by atoms with Gasteiger partial charge in [-0.15, -0.1) is 0 Å². The van der Waals surface area contributed by atoms with Gasteiger partial charge in [0.1, 0.15) is 5.75 Å². The number of rotatable bonds is 9. The maximum Gasteiger partial charge on any atom is 0.303 e. The highest BCUT2D eigenvalue weighted by atomic mass is 35.5. The van der Waals surface area contributed by atoms with E-state index >= 15 is 0 Å². The molecule has 0 fully saturated rings. The summed E-state index contributed by atoms with van der Waals surface area (Å²) in [6.45, 7) is 0. The predicted molar refractivity (Wildman–Crippen MR) is 99.1 cm³/mol. The molecule has 0 amide bonds. The van der Waals surface area contributed by atoms with Crippen LogP contribution in [-0.4, -0.2) is 32.6 Å². The molecule has 8 heteroatoms. The van der Waals surface area contributed by atoms with Crippen molar-refractivity contribution < 1.29 is 23.1 Å². The molecule has 1 atom stereocenters. The quantitative estimate of drug-likeness (QED) is 0.678. The topological polar surface area (TPSA) is 92.7 Å². The van der Waals surface area contributed by atoms with Gasteiger partial charge in [0.05, 0.1) is 17.0 Å². The molecule has 2 rings (SSSR count). The number of carbonyl (C=O) groups is 1. The molecule has 2 N–H and O–H groups in total. The average Bonchev–Trinajstić information content (AvgIpc) is 2.60. The van der Waals surface area contributed by atoms with Gasteiger partial charge in [-0.05, 0) is 30.5 Å². The number of aliphatic carboxylic acids is 1. The second kappa shape index (κ2) is 9.02. The van der Waals surface area contributed by atoms with E-state index in [2.05, 4.69) is 4.72 Å². The maximum absolute atomic E-state index is 12.7. The van der Waals surface area contributed by atoms with E-state index < -0.39 is 22.0 Å². The zero-order valence-corrected chi connectivity index (χ0v) is 15.8. The first kappa shape index (κ1) is 20.2. The van der Waals surface area contributed by atoms with Crippen LogP contribution in [0.15, 0.2) is 53.4 Å². The molecule has 2 aromatic carbocycles. The molecular weight excluding hydrogens is 378 g/mol. The molecule has 0 spiro atoms. The summed E-state index contributed by atoms with van der Waals surface area (Å²) in [6.07, 6.45) is 0.427. The van der Waals surface area contributed by atoms with Gasteiger partial charge in [0, 0.05) is 18.5 Å². The summed E-state index contributed by atoms with van der Waals surface area (Å²) in [4.78, 5) is 10.9. The van der Waals surface area contributed by atoms with Gasteiger partial charge in [-0.3, -0.25) is 4.79 Å². The second-order valence-electron chi connectivity index (χ2n) is 5.74. The van der Waals surface area contributed by atoms with Crippen molar-refractivity contribution >= 4 is 27.6 Å². The van der Waals surface area contributed by atoms with Crippen LogP contribution in [0.1, 0.15) is 18.4 Å². The summed E-state index contributed by atoms with van der Waals surface area (Å²) in [7, 11) is -2.46. The Morgan fingerprint density at radius 1 is 1.23 bits per heavy atom. The van der Waals surface area contributed by atoms with E-state index in [1.165, 1.54) is 25.3 Å². The van der Waals surface area contributed by atoms with Gasteiger partial charge in [-0.1, -0.05) is 41.9 Å². The fourth-order valence-corrected chi connectivity index (χ4v) is 3.97. The molecule has 0 heterocycles. The predicted octanol–water partition coefficient (Wildman–Crippen LogP) is 3.10. The number of carboxylic acid groups (broad SMARTS) is 1. The SMILES string of the molecule is COc1cc(S(=O)(=O)NC(CCC(=O)O)Cc2ccccc2)ccc1Cl. The molecule has 0 aromatic heterocycles. The molecule has 6 nitrogen and oxygen atoms in total. The van der Waals surface area contributed by atoms with Crippen molar-refractivity contribution in [2.75, 3.05) is 7.11 Å². The van der Waals surface area contributed by atoms with Crippen LogP contribution in [0.4, 0.5) is 0 Å². The van der Waals surface area contributed by atoms with Gasteiger partial charge in [0.15, 0.2) is 0 Å². The molecule has 26 heavy (non-hydrogen) atoms. The number of nitrogens with one attached hydrogen (secondary N) is 1. The Balaban J connectivity index is 2.23. The molecule has 140 valence electrons. The van der Waals surface area contributed by atoms with Crippen molar-refractivity contribution in [1.29, 1.82) is 0 Å². The largest absolute Gasteiger partial charge is 0.495 e. The van der Waals surface area contributed by atoms with Crippen LogP contribution >= 0.6 is 11.6 Å². The third-order valence-corrected chi connectivity index (χ3v) is 5.62. The number of carboxylic acids is 1. The first-order valence-electron chi connectivity index (χ1n) is 7.93. The monoisotopic (exact) mass is 397 g/mol. The van der Waals surface area contributed by atoms with Crippen molar-refractivity contribution in [3.8, 4) is 5.75 Å². The van der Waals surface area contributed by atoms with Gasteiger partial charge in [0.2, 0.25) is 10.0 Å². The molecule has 1 unspecified atom stereocenters. The lowest BCUT2D eigenvalue weighted by Gasteiger charge is -2.19. The standard InChI is InChI=1S/C18H20ClNO5S/c1-25-17-12-15(8-9-16(17)19)26(23,24)20-14(7-10-18(21)22)11-13-5-3-2-4-6-13/h2-6,8-9,12,14,20H,7,10-11H2,1H3,(H,21,22). The molecule has 0 saturated heterocycles. The van der Waals surface area contributed by atoms with Crippen LogP contribution < -0.4 is 9.46 Å². The van der Waals surface area contributed by atoms with Gasteiger partial charge in [-0.2, -0.15) is 0 Å². The lowest BCUT2D eigenvalue weighted by Crippen LogP contribution is -2.36. The normalized spacial score (nSPS) is 12.5. The van der Waals surface area contributed by atoms with Gasteiger partial charge < -0.3 is 9.84 Å². The van der Waals surface area contributed by atoms with Gasteiger partial charge >= 0.3 is 5.97 Å². The Hall–Kier alpha value is -2.09. The lowest BCUT2D eigenvalue weighted by atomic mass is 10.0. The minimum atomic E-state index is -3.86. The summed E-state index contributed by atoms with van der Waals surface area (Å²) in [6, 6.07) is 12.9. The summed E-state index contributed by atoms with van der Waals surface area (Å²) in [5.41, 5.74) is 0.916. The fourth-order valence-electron chi connectivity index (χ4n) is 2.49. The van der Waals surface area contributed by atoms with Crippen molar-refractivity contribution in [2.45, 2.75) is 30.2 Å². The van der Waals surface area contributed by atoms with Crippen molar-refractivity contribution in [1.82, 2.24) is 4.72 Å². The van der Waals surface area contributed by atoms with Crippen molar-refractivity contribution in [3.63, 3.8) is 0 Å². The van der Waals surface area contributed by atoms with E-state index in [1.54, 1.807) is 0 Å². The highest BCUT2D eigenvalue weighted by Gasteiger charge is 2.22. The maximum atomic E-state index is 12.7. The van der Waals surface area contributed by atoms with Crippen LogP contribution in [0.2, 0.25) is 5.02 Å². The van der Waals surface area contributed by atoms with E-state index in [0.717, 1.165) is 5.56 Å². The third kappa shape index (κ3) is 5.72. The molecule has 0 saturated carbocycles. The summed E-state index contributed by atoms with van der Waals surface area (Å²) in [5, 5.41) is 9.24. The molecule has 0 aliphatic heterocycles. The van der Waals surface area contributed by atoms with Crippen LogP contribution in [-0.2, 0) is 21.2 Å². The van der Waals surface area contributed by atoms with Crippen LogP contribution in [0.3, 0.4) is 0 Å². The highest BCUT2D eigenvalue weighted by molar-refractivity contribution is 7.89. The number of halogens is 1. The molecule has 0 radical (unpaired) electrons. The first-order valence-corrected chi connectivity index (χ1v) is 9.79. The van der Waals surface area contributed by atoms with Gasteiger partial charge in [-0.25, -0.2) is 13.1 Å². The van der Waals surface area contributed by atoms with E-state index in [1.807, 2.05) is 30.3 Å². The summed E-state index contributed by atoms with van der Waals surface area (Å²) >= 11 is 5.94. The van der Waals surface area contributed by atoms with Gasteiger partial charge in [0.25, 0.3) is 0 Å². The van der Waals surface area contributed by atoms with Crippen LogP contribution in [0.5, 0.6) is 5.75 Å². The molecular formula is C18H20ClNO5S. The molecule has 0 bridgehead atoms. The Bertz CT molecular complexity index is 855. The van der Waals surface area contributed by atoms with E-state index in [4.69, 9.17) is 21.4 Å². The number of hydrogen-bond acceptors (Lipinski definition) is 4. The van der Waals surface area contributed by atoms with E-state index in [9.17, 15) is 13.2 Å². The zero-order chi connectivity index (χ0) is 19.2. The minimum absolute atomic E-state index is 0.00661. The Labute approximate surface area is 157 Å². The number of sulfonamides is 1. The summed E-state index contributed by atoms with van der Waals surface area (Å²) in [5.74, 6) is -0.727. The second-order valence-corrected chi connectivity index (χ2v) is 7.86. The van der Waals surface area contributed by atoms with E-state index in [0.29, 0.717) is 11.4 Å². The summed E-state index contributed by atoms with van der Waals surface area (Å²) < 4.78 is 33.1. The number of hydrogen-bond donors (Lipinski definition) is 2. The highest BCUT2D eigenvalue weighted by Crippen LogP contribution is 2.27. The van der Waals surface area contributed by atoms with Crippen molar-refractivity contribution in [2.24, 2.45) is 0 Å². The Morgan fingerprint density at radius 2 is 1.92 bits per heavy atom. The molecule has 0 aliphatic rings. The number of benzene rings is 2. The van der Waals surface area contributed by atoms with Crippen LogP contribution in [0.25, 0.3) is 0 Å². The minimum Gasteiger partial charge on any atom is -0.495 e. The smallest absolute Gasteiger partial charge is 0.303 e. The zero-order valence-electron chi connectivity index (χ0n) is 14.2.